The lowest BCUT2D eigenvalue weighted by atomic mass is 9.70. The molecule has 0 bridgehead atoms. The van der Waals surface area contributed by atoms with Crippen molar-refractivity contribution < 1.29 is 9.59 Å². The molecule has 1 aromatic rings. The molecule has 2 aliphatic rings. The number of ketones is 2. The smallest absolute Gasteiger partial charge is 0.190 e. The molecule has 2 unspecified atom stereocenters. The molecular formula is C21H26O2. The van der Waals surface area contributed by atoms with Gasteiger partial charge in [0.05, 0.1) is 0 Å². The van der Waals surface area contributed by atoms with Crippen LogP contribution < -0.4 is 0 Å². The molecule has 2 aliphatic carbocycles. The molecule has 2 heteroatoms. The molecule has 2 nitrogen and oxygen atoms in total. The molecule has 1 aromatic carbocycles. The van der Waals surface area contributed by atoms with Gasteiger partial charge in [-0.25, -0.2) is 0 Å². The number of rotatable bonds is 5. The molecule has 23 heavy (non-hydrogen) atoms. The maximum Gasteiger partial charge on any atom is 0.190 e. The Kier molecular flexibility index (Phi) is 4.79. The van der Waals surface area contributed by atoms with Crippen LogP contribution in [0.2, 0.25) is 0 Å². The number of benzene rings is 1. The molecule has 0 aliphatic heterocycles. The summed E-state index contributed by atoms with van der Waals surface area (Å²) in [5.74, 6) is 1.16. The van der Waals surface area contributed by atoms with E-state index in [1.165, 1.54) is 12.8 Å². The quantitative estimate of drug-likeness (QED) is 0.731. The van der Waals surface area contributed by atoms with E-state index in [1.807, 2.05) is 18.2 Å². The lowest BCUT2D eigenvalue weighted by Crippen LogP contribution is -2.30. The predicted octanol–water partition coefficient (Wildman–Crippen LogP) is 5.38. The zero-order chi connectivity index (χ0) is 16.4. The summed E-state index contributed by atoms with van der Waals surface area (Å²) in [5.41, 5.74) is 2.90. The van der Waals surface area contributed by atoms with Gasteiger partial charge in [0, 0.05) is 22.3 Å². The zero-order valence-corrected chi connectivity index (χ0v) is 14.2. The van der Waals surface area contributed by atoms with Crippen molar-refractivity contribution in [1.29, 1.82) is 0 Å². The molecule has 0 spiro atoms. The summed E-state index contributed by atoms with van der Waals surface area (Å²) < 4.78 is 0. The number of Topliss-reactive ketones (excluding diaryl/α,β-unsaturated/α-hetero) is 2. The summed E-state index contributed by atoms with van der Waals surface area (Å²) in [6.45, 7) is 4.46. The van der Waals surface area contributed by atoms with Gasteiger partial charge >= 0.3 is 0 Å². The summed E-state index contributed by atoms with van der Waals surface area (Å²) in [5, 5.41) is 0. The minimum absolute atomic E-state index is 0.100. The van der Waals surface area contributed by atoms with Gasteiger partial charge in [0.2, 0.25) is 0 Å². The largest absolute Gasteiger partial charge is 0.289 e. The Morgan fingerprint density at radius 2 is 1.78 bits per heavy atom. The van der Waals surface area contributed by atoms with E-state index in [1.54, 1.807) is 6.07 Å². The lowest BCUT2D eigenvalue weighted by Gasteiger charge is -2.33. The maximum atomic E-state index is 13.0. The first kappa shape index (κ1) is 16.2. The third-order valence-corrected chi connectivity index (χ3v) is 5.54. The molecule has 0 radical (unpaired) electrons. The zero-order valence-electron chi connectivity index (χ0n) is 14.2. The van der Waals surface area contributed by atoms with Crippen molar-refractivity contribution in [3.05, 3.63) is 46.5 Å². The summed E-state index contributed by atoms with van der Waals surface area (Å²) >= 11 is 0. The molecule has 122 valence electrons. The number of hydrogen-bond acceptors (Lipinski definition) is 2. The number of hydrogen-bond donors (Lipinski definition) is 0. The highest BCUT2D eigenvalue weighted by Gasteiger charge is 2.37. The van der Waals surface area contributed by atoms with Crippen LogP contribution in [-0.2, 0) is 0 Å². The maximum absolute atomic E-state index is 13.0. The Balaban J connectivity index is 1.96. The van der Waals surface area contributed by atoms with Gasteiger partial charge in [-0.1, -0.05) is 57.4 Å². The fourth-order valence-electron chi connectivity index (χ4n) is 4.33. The van der Waals surface area contributed by atoms with E-state index in [2.05, 4.69) is 13.8 Å². The van der Waals surface area contributed by atoms with Gasteiger partial charge in [-0.05, 0) is 37.5 Å². The van der Waals surface area contributed by atoms with Crippen molar-refractivity contribution in [2.24, 2.45) is 11.8 Å². The molecule has 2 atom stereocenters. The molecule has 0 heterocycles. The van der Waals surface area contributed by atoms with E-state index in [0.717, 1.165) is 43.3 Å². The van der Waals surface area contributed by atoms with Crippen LogP contribution >= 0.6 is 0 Å². The fraction of sp³-hybridized carbons (Fsp3) is 0.524. The Hall–Kier alpha value is -1.70. The lowest BCUT2D eigenvalue weighted by molar-refractivity contribution is 0.0950. The van der Waals surface area contributed by atoms with Crippen molar-refractivity contribution >= 4 is 11.6 Å². The SMILES string of the molecule is CCCC(CC)CC1CCCC2=C1C(=O)c1ccccc1C2=O. The third-order valence-electron chi connectivity index (χ3n) is 5.54. The van der Waals surface area contributed by atoms with Crippen molar-refractivity contribution in [2.75, 3.05) is 0 Å². The highest BCUT2D eigenvalue weighted by atomic mass is 16.1. The number of allylic oxidation sites excluding steroid dienone is 2. The van der Waals surface area contributed by atoms with Gasteiger partial charge in [0.25, 0.3) is 0 Å². The topological polar surface area (TPSA) is 34.1 Å². The first-order chi connectivity index (χ1) is 11.2. The van der Waals surface area contributed by atoms with Crippen LogP contribution in [0.25, 0.3) is 0 Å². The number of fused-ring (bicyclic) bond motifs is 1. The van der Waals surface area contributed by atoms with Gasteiger partial charge in [-0.2, -0.15) is 0 Å². The summed E-state index contributed by atoms with van der Waals surface area (Å²) in [6, 6.07) is 7.33. The first-order valence-electron chi connectivity index (χ1n) is 9.08. The fourth-order valence-corrected chi connectivity index (χ4v) is 4.33. The van der Waals surface area contributed by atoms with Crippen LogP contribution in [0.4, 0.5) is 0 Å². The average Bonchev–Trinajstić information content (AvgIpc) is 2.59. The van der Waals surface area contributed by atoms with Gasteiger partial charge in [0.1, 0.15) is 0 Å². The molecule has 0 amide bonds. The van der Waals surface area contributed by atoms with E-state index in [9.17, 15) is 9.59 Å². The second-order valence-corrected chi connectivity index (χ2v) is 6.98. The summed E-state index contributed by atoms with van der Waals surface area (Å²) in [4.78, 5) is 25.8. The average molecular weight is 310 g/mol. The van der Waals surface area contributed by atoms with Gasteiger partial charge in [-0.3, -0.25) is 9.59 Å². The van der Waals surface area contributed by atoms with Crippen LogP contribution in [-0.4, -0.2) is 11.6 Å². The molecule has 0 fully saturated rings. The number of carbonyl (C=O) groups is 2. The minimum Gasteiger partial charge on any atom is -0.289 e. The molecule has 3 rings (SSSR count). The second kappa shape index (κ2) is 6.82. The Morgan fingerprint density at radius 3 is 2.43 bits per heavy atom. The molecule has 0 N–H and O–H groups in total. The van der Waals surface area contributed by atoms with Crippen LogP contribution in [0.1, 0.15) is 79.5 Å². The molecule has 0 saturated carbocycles. The van der Waals surface area contributed by atoms with Crippen LogP contribution in [0, 0.1) is 11.8 Å². The molecule has 0 saturated heterocycles. The van der Waals surface area contributed by atoms with Crippen molar-refractivity contribution in [1.82, 2.24) is 0 Å². The van der Waals surface area contributed by atoms with Gasteiger partial charge in [0.15, 0.2) is 11.6 Å². The van der Waals surface area contributed by atoms with Gasteiger partial charge in [-0.15, -0.1) is 0 Å². The highest BCUT2D eigenvalue weighted by Crippen LogP contribution is 2.41. The summed E-state index contributed by atoms with van der Waals surface area (Å²) in [7, 11) is 0. The van der Waals surface area contributed by atoms with Crippen LogP contribution in [0.15, 0.2) is 35.4 Å². The van der Waals surface area contributed by atoms with Crippen LogP contribution in [0.3, 0.4) is 0 Å². The Bertz CT molecular complexity index is 654. The van der Waals surface area contributed by atoms with E-state index < -0.39 is 0 Å². The molecular weight excluding hydrogens is 284 g/mol. The Labute approximate surface area is 139 Å². The monoisotopic (exact) mass is 310 g/mol. The highest BCUT2D eigenvalue weighted by molar-refractivity contribution is 6.27. The van der Waals surface area contributed by atoms with Crippen molar-refractivity contribution in [3.63, 3.8) is 0 Å². The standard InChI is InChI=1S/C21H26O2/c1-3-8-14(4-2)13-15-9-7-12-18-19(15)21(23)17-11-6-5-10-16(17)20(18)22/h5-6,10-11,14-15H,3-4,7-9,12-13H2,1-2H3. The Morgan fingerprint density at radius 1 is 1.09 bits per heavy atom. The second-order valence-electron chi connectivity index (χ2n) is 6.98. The third kappa shape index (κ3) is 2.91. The van der Waals surface area contributed by atoms with E-state index in [-0.39, 0.29) is 17.5 Å². The summed E-state index contributed by atoms with van der Waals surface area (Å²) in [6.07, 6.45) is 7.49. The predicted molar refractivity (Wildman–Crippen MR) is 92.8 cm³/mol. The number of carbonyl (C=O) groups excluding carboxylic acids is 2. The minimum atomic E-state index is 0.100. The van der Waals surface area contributed by atoms with Crippen molar-refractivity contribution in [3.8, 4) is 0 Å². The van der Waals surface area contributed by atoms with E-state index >= 15 is 0 Å². The molecule has 0 aromatic heterocycles. The van der Waals surface area contributed by atoms with E-state index in [4.69, 9.17) is 0 Å². The van der Waals surface area contributed by atoms with E-state index in [0.29, 0.717) is 17.0 Å². The first-order valence-corrected chi connectivity index (χ1v) is 9.08. The van der Waals surface area contributed by atoms with Crippen LogP contribution in [0.5, 0.6) is 0 Å². The van der Waals surface area contributed by atoms with Crippen molar-refractivity contribution in [2.45, 2.75) is 58.8 Å². The normalized spacial score (nSPS) is 21.9. The van der Waals surface area contributed by atoms with Gasteiger partial charge < -0.3 is 0 Å².